The number of carbonyl (C=O) groups is 1. The van der Waals surface area contributed by atoms with Gasteiger partial charge in [-0.2, -0.15) is 26.3 Å². The molecule has 0 bridgehead atoms. The molecule has 0 aromatic rings. The first kappa shape index (κ1) is 16.1. The fraction of sp³-hybridized carbons (Fsp3) is 0.889. The van der Waals surface area contributed by atoms with Crippen LogP contribution in [0.1, 0.15) is 26.7 Å². The minimum Gasteiger partial charge on any atom is -0.355 e. The first-order chi connectivity index (χ1) is 7.54. The average molecular weight is 265 g/mol. The second-order valence-corrected chi connectivity index (χ2v) is 3.51. The minimum atomic E-state index is -5.67. The van der Waals surface area contributed by atoms with Gasteiger partial charge in [0.2, 0.25) is 11.3 Å². The van der Waals surface area contributed by atoms with Crippen LogP contribution in [0, 0.1) is 5.41 Å². The number of nitrogens with one attached hydrogen (secondary N) is 1. The van der Waals surface area contributed by atoms with Crippen molar-refractivity contribution in [1.29, 1.82) is 0 Å². The van der Waals surface area contributed by atoms with Crippen molar-refractivity contribution < 1.29 is 31.1 Å². The zero-order chi connectivity index (χ0) is 13.9. The third-order valence-electron chi connectivity index (χ3n) is 2.42. The normalized spacial score (nSPS) is 13.6. The van der Waals surface area contributed by atoms with E-state index in [1.165, 1.54) is 6.92 Å². The van der Waals surface area contributed by atoms with Crippen LogP contribution in [-0.4, -0.2) is 24.8 Å². The lowest BCUT2D eigenvalue weighted by atomic mass is 9.82. The molecular formula is C9H13F6NO. The van der Waals surface area contributed by atoms with Gasteiger partial charge in [-0.05, 0) is 12.8 Å². The number of halogens is 6. The molecule has 0 fully saturated rings. The molecule has 0 saturated carbocycles. The lowest BCUT2D eigenvalue weighted by Gasteiger charge is -2.34. The molecule has 0 spiro atoms. The highest BCUT2D eigenvalue weighted by atomic mass is 19.4. The van der Waals surface area contributed by atoms with Crippen LogP contribution in [0.4, 0.5) is 26.3 Å². The first-order valence-corrected chi connectivity index (χ1v) is 4.96. The van der Waals surface area contributed by atoms with Crippen molar-refractivity contribution in [1.82, 2.24) is 5.32 Å². The Hall–Kier alpha value is -0.950. The molecule has 8 heteroatoms. The summed E-state index contributed by atoms with van der Waals surface area (Å²) in [6, 6.07) is 0. The molecule has 0 saturated heterocycles. The molecule has 0 aliphatic carbocycles. The second-order valence-electron chi connectivity index (χ2n) is 3.51. The van der Waals surface area contributed by atoms with Gasteiger partial charge in [0.25, 0.3) is 0 Å². The smallest absolute Gasteiger partial charge is 0.355 e. The molecular weight excluding hydrogens is 252 g/mol. The van der Waals surface area contributed by atoms with E-state index in [-0.39, 0.29) is 13.0 Å². The van der Waals surface area contributed by atoms with Crippen molar-refractivity contribution in [2.45, 2.75) is 39.0 Å². The maximum atomic E-state index is 12.6. The topological polar surface area (TPSA) is 29.1 Å². The highest BCUT2D eigenvalue weighted by Gasteiger charge is 2.74. The summed E-state index contributed by atoms with van der Waals surface area (Å²) in [5, 5.41) is 1.66. The summed E-state index contributed by atoms with van der Waals surface area (Å²) in [7, 11) is 0. The Bertz CT molecular complexity index is 256. The van der Waals surface area contributed by atoms with Gasteiger partial charge in [-0.15, -0.1) is 0 Å². The van der Waals surface area contributed by atoms with E-state index in [1.807, 2.05) is 0 Å². The van der Waals surface area contributed by atoms with E-state index >= 15 is 0 Å². The Labute approximate surface area is 94.4 Å². The first-order valence-electron chi connectivity index (χ1n) is 4.96. The molecule has 17 heavy (non-hydrogen) atoms. The summed E-state index contributed by atoms with van der Waals surface area (Å²) in [4.78, 5) is 11.2. The largest absolute Gasteiger partial charge is 0.412 e. The quantitative estimate of drug-likeness (QED) is 0.778. The van der Waals surface area contributed by atoms with Crippen LogP contribution < -0.4 is 5.32 Å². The van der Waals surface area contributed by atoms with Crippen molar-refractivity contribution in [3.63, 3.8) is 0 Å². The van der Waals surface area contributed by atoms with Crippen LogP contribution in [0.15, 0.2) is 0 Å². The van der Waals surface area contributed by atoms with Gasteiger partial charge in [-0.3, -0.25) is 4.79 Å². The minimum absolute atomic E-state index is 0.229. The number of alkyl halides is 6. The number of hydrogen-bond acceptors (Lipinski definition) is 1. The lowest BCUT2D eigenvalue weighted by Crippen LogP contribution is -2.59. The number of rotatable bonds is 4. The zero-order valence-electron chi connectivity index (χ0n) is 9.30. The molecule has 1 amide bonds. The fourth-order valence-corrected chi connectivity index (χ4v) is 1.37. The van der Waals surface area contributed by atoms with Gasteiger partial charge in [-0.1, -0.05) is 13.8 Å². The van der Waals surface area contributed by atoms with Gasteiger partial charge < -0.3 is 5.32 Å². The van der Waals surface area contributed by atoms with Crippen LogP contribution in [0.5, 0.6) is 0 Å². The van der Waals surface area contributed by atoms with Crippen LogP contribution in [0.25, 0.3) is 0 Å². The maximum absolute atomic E-state index is 12.6. The molecule has 0 rings (SSSR count). The van der Waals surface area contributed by atoms with E-state index < -0.39 is 30.1 Å². The summed E-state index contributed by atoms with van der Waals surface area (Å²) >= 11 is 0. The van der Waals surface area contributed by atoms with Gasteiger partial charge in [0.1, 0.15) is 0 Å². The Morgan fingerprint density at radius 1 is 1.00 bits per heavy atom. The summed E-state index contributed by atoms with van der Waals surface area (Å²) in [6.45, 7) is 1.98. The van der Waals surface area contributed by atoms with Crippen molar-refractivity contribution in [2.24, 2.45) is 5.41 Å². The van der Waals surface area contributed by atoms with E-state index in [1.54, 1.807) is 5.32 Å². The molecule has 0 radical (unpaired) electrons. The third kappa shape index (κ3) is 2.84. The molecule has 0 aliphatic rings. The van der Waals surface area contributed by atoms with Crippen LogP contribution in [-0.2, 0) is 4.79 Å². The molecule has 0 aliphatic heterocycles. The molecule has 1 N–H and O–H groups in total. The second kappa shape index (κ2) is 5.14. The van der Waals surface area contributed by atoms with Gasteiger partial charge >= 0.3 is 12.4 Å². The standard InChI is InChI=1S/C9H13F6NO/c1-3-5-16-6(17)7(4-2,8(10,11)12)9(13,14)15/h3-5H2,1-2H3,(H,16,17). The van der Waals surface area contributed by atoms with E-state index in [9.17, 15) is 31.1 Å². The number of amides is 1. The molecule has 0 unspecified atom stereocenters. The van der Waals surface area contributed by atoms with E-state index in [4.69, 9.17) is 0 Å². The van der Waals surface area contributed by atoms with Crippen molar-refractivity contribution in [3.8, 4) is 0 Å². The molecule has 2 nitrogen and oxygen atoms in total. The lowest BCUT2D eigenvalue weighted by molar-refractivity contribution is -0.326. The van der Waals surface area contributed by atoms with E-state index in [0.717, 1.165) is 0 Å². The Morgan fingerprint density at radius 2 is 1.41 bits per heavy atom. The molecule has 102 valence electrons. The van der Waals surface area contributed by atoms with Crippen LogP contribution in [0.3, 0.4) is 0 Å². The summed E-state index contributed by atoms with van der Waals surface area (Å²) < 4.78 is 75.4. The van der Waals surface area contributed by atoms with Crippen LogP contribution in [0.2, 0.25) is 0 Å². The highest BCUT2D eigenvalue weighted by Crippen LogP contribution is 2.52. The monoisotopic (exact) mass is 265 g/mol. The SMILES string of the molecule is CCCNC(=O)C(CC)(C(F)(F)F)C(F)(F)F. The van der Waals surface area contributed by atoms with Crippen LogP contribution >= 0.6 is 0 Å². The molecule has 0 atom stereocenters. The Morgan fingerprint density at radius 3 is 1.65 bits per heavy atom. The zero-order valence-corrected chi connectivity index (χ0v) is 9.30. The predicted octanol–water partition coefficient (Wildman–Crippen LogP) is 3.03. The van der Waals surface area contributed by atoms with Crippen molar-refractivity contribution in [2.75, 3.05) is 6.54 Å². The van der Waals surface area contributed by atoms with Gasteiger partial charge in [0, 0.05) is 6.54 Å². The maximum Gasteiger partial charge on any atom is 0.412 e. The predicted molar refractivity (Wildman–Crippen MR) is 48.1 cm³/mol. The van der Waals surface area contributed by atoms with Crippen molar-refractivity contribution in [3.05, 3.63) is 0 Å². The molecule has 0 heterocycles. The Kier molecular flexibility index (Phi) is 4.85. The van der Waals surface area contributed by atoms with Gasteiger partial charge in [0.05, 0.1) is 0 Å². The molecule has 0 aromatic heterocycles. The number of carbonyl (C=O) groups excluding carboxylic acids is 1. The van der Waals surface area contributed by atoms with Gasteiger partial charge in [0.15, 0.2) is 0 Å². The Balaban J connectivity index is 5.45. The third-order valence-corrected chi connectivity index (χ3v) is 2.42. The summed E-state index contributed by atoms with van der Waals surface area (Å²) in [5.74, 6) is -2.04. The molecule has 0 aromatic carbocycles. The number of hydrogen-bond donors (Lipinski definition) is 1. The summed E-state index contributed by atoms with van der Waals surface area (Å²) in [5.41, 5.74) is -4.32. The van der Waals surface area contributed by atoms with Gasteiger partial charge in [-0.25, -0.2) is 0 Å². The summed E-state index contributed by atoms with van der Waals surface area (Å²) in [6.07, 6.45) is -12.5. The van der Waals surface area contributed by atoms with Crippen molar-refractivity contribution >= 4 is 5.91 Å². The fourth-order valence-electron chi connectivity index (χ4n) is 1.37. The van der Waals surface area contributed by atoms with E-state index in [0.29, 0.717) is 6.92 Å². The average Bonchev–Trinajstić information content (AvgIpc) is 2.11. The highest BCUT2D eigenvalue weighted by molar-refractivity contribution is 5.84. The van der Waals surface area contributed by atoms with E-state index in [2.05, 4.69) is 0 Å².